The number of rotatable bonds is 6. The van der Waals surface area contributed by atoms with Gasteiger partial charge < -0.3 is 9.47 Å². The topological polar surface area (TPSA) is 52.6 Å². The molecule has 2 aromatic carbocycles. The first-order valence-corrected chi connectivity index (χ1v) is 9.64. The summed E-state index contributed by atoms with van der Waals surface area (Å²) in [4.78, 5) is 25.1. The third kappa shape index (κ3) is 3.53. The van der Waals surface area contributed by atoms with Crippen molar-refractivity contribution < 1.29 is 19.1 Å². The van der Waals surface area contributed by atoms with Crippen LogP contribution in [0.3, 0.4) is 0 Å². The highest BCUT2D eigenvalue weighted by molar-refractivity contribution is 14.1. The molecular weight excluding hydrogens is 443 g/mol. The summed E-state index contributed by atoms with van der Waals surface area (Å²) in [5.41, 5.74) is 1.86. The summed E-state index contributed by atoms with van der Waals surface area (Å²) in [5.74, 6) is 0.855. The molecule has 0 heterocycles. The molecule has 0 unspecified atom stereocenters. The van der Waals surface area contributed by atoms with Gasteiger partial charge in [-0.2, -0.15) is 0 Å². The Bertz CT molecular complexity index is 862. The number of carbonyl (C=O) groups is 2. The van der Waals surface area contributed by atoms with E-state index >= 15 is 0 Å². The fourth-order valence-corrected chi connectivity index (χ4v) is 3.63. The Morgan fingerprint density at radius 2 is 1.65 bits per heavy atom. The van der Waals surface area contributed by atoms with Gasteiger partial charge in [0.2, 0.25) is 0 Å². The van der Waals surface area contributed by atoms with Crippen LogP contribution < -0.4 is 9.47 Å². The summed E-state index contributed by atoms with van der Waals surface area (Å²) in [5, 5.41) is 0. The Labute approximate surface area is 166 Å². The van der Waals surface area contributed by atoms with Gasteiger partial charge in [-0.25, -0.2) is 0 Å². The normalized spacial score (nSPS) is 13.0. The highest BCUT2D eigenvalue weighted by Crippen LogP contribution is 2.36. The van der Waals surface area contributed by atoms with Gasteiger partial charge in [-0.15, -0.1) is 0 Å². The minimum Gasteiger partial charge on any atom is -0.490 e. The second kappa shape index (κ2) is 8.03. The summed E-state index contributed by atoms with van der Waals surface area (Å²) in [6.07, 6.45) is 2.54. The van der Waals surface area contributed by atoms with E-state index in [1.54, 1.807) is 30.3 Å². The molecule has 0 amide bonds. The summed E-state index contributed by atoms with van der Waals surface area (Å²) in [6, 6.07) is 10.6. The third-order valence-electron chi connectivity index (χ3n) is 4.00. The molecule has 4 nitrogen and oxygen atoms in total. The van der Waals surface area contributed by atoms with Crippen LogP contribution in [0, 0.1) is 3.57 Å². The lowest BCUT2D eigenvalue weighted by Crippen LogP contribution is -2.03. The fourth-order valence-electron chi connectivity index (χ4n) is 2.85. The van der Waals surface area contributed by atoms with E-state index in [0.717, 1.165) is 15.6 Å². The predicted molar refractivity (Wildman–Crippen MR) is 109 cm³/mol. The third-order valence-corrected chi connectivity index (χ3v) is 4.80. The Hall–Kier alpha value is -2.15. The maximum absolute atomic E-state index is 12.6. The van der Waals surface area contributed by atoms with E-state index < -0.39 is 0 Å². The number of halogens is 1. The van der Waals surface area contributed by atoms with Crippen LogP contribution >= 0.6 is 22.6 Å². The van der Waals surface area contributed by atoms with Gasteiger partial charge in [-0.1, -0.05) is 31.2 Å². The van der Waals surface area contributed by atoms with Crippen molar-refractivity contribution in [2.45, 2.75) is 20.3 Å². The monoisotopic (exact) mass is 462 g/mol. The largest absolute Gasteiger partial charge is 0.490 e. The number of ketones is 2. The predicted octanol–water partition coefficient (Wildman–Crippen LogP) is 4.94. The number of benzene rings is 2. The van der Waals surface area contributed by atoms with E-state index in [-0.39, 0.29) is 17.1 Å². The quantitative estimate of drug-likeness (QED) is 0.347. The molecule has 1 aliphatic rings. The van der Waals surface area contributed by atoms with Crippen molar-refractivity contribution in [3.63, 3.8) is 0 Å². The van der Waals surface area contributed by atoms with Gasteiger partial charge in [0.15, 0.2) is 23.1 Å². The Kier molecular flexibility index (Phi) is 5.76. The Morgan fingerprint density at radius 1 is 1.00 bits per heavy atom. The van der Waals surface area contributed by atoms with Crippen LogP contribution in [0.1, 0.15) is 46.5 Å². The van der Waals surface area contributed by atoms with E-state index in [4.69, 9.17) is 9.47 Å². The van der Waals surface area contributed by atoms with Crippen molar-refractivity contribution in [2.24, 2.45) is 0 Å². The summed E-state index contributed by atoms with van der Waals surface area (Å²) in [7, 11) is 0. The number of carbonyl (C=O) groups excluding carboxylic acids is 2. The lowest BCUT2D eigenvalue weighted by molar-refractivity contribution is 0.0990. The van der Waals surface area contributed by atoms with Crippen molar-refractivity contribution in [1.29, 1.82) is 0 Å². The van der Waals surface area contributed by atoms with E-state index in [0.29, 0.717) is 35.8 Å². The molecule has 0 radical (unpaired) electrons. The van der Waals surface area contributed by atoms with Crippen LogP contribution in [-0.4, -0.2) is 24.8 Å². The molecule has 0 saturated carbocycles. The molecule has 1 aliphatic carbocycles. The van der Waals surface area contributed by atoms with Crippen LogP contribution in [0.4, 0.5) is 0 Å². The molecule has 26 heavy (non-hydrogen) atoms. The van der Waals surface area contributed by atoms with Gasteiger partial charge in [0, 0.05) is 11.1 Å². The van der Waals surface area contributed by atoms with Crippen LogP contribution in [-0.2, 0) is 0 Å². The minimum absolute atomic E-state index is 0.187. The van der Waals surface area contributed by atoms with E-state index in [1.165, 1.54) is 0 Å². The van der Waals surface area contributed by atoms with Gasteiger partial charge >= 0.3 is 0 Å². The zero-order valence-electron chi connectivity index (χ0n) is 14.7. The molecule has 0 bridgehead atoms. The molecule has 0 aliphatic heterocycles. The van der Waals surface area contributed by atoms with Crippen molar-refractivity contribution in [1.82, 2.24) is 0 Å². The zero-order valence-corrected chi connectivity index (χ0v) is 16.8. The number of hydrogen-bond acceptors (Lipinski definition) is 4. The maximum atomic E-state index is 12.6. The minimum atomic E-state index is -0.232. The lowest BCUT2D eigenvalue weighted by Gasteiger charge is -2.14. The Balaban J connectivity index is 2.01. The molecule has 0 spiro atoms. The standard InChI is InChI=1S/C21H19IO4/c1-3-9-26-21-17(22)11-13(12-18(21)25-4-2)10-16-19(23)14-7-5-6-8-15(14)20(16)24/h5-8,10-12H,3-4,9H2,1-2H3. The van der Waals surface area contributed by atoms with Crippen LogP contribution in [0.2, 0.25) is 0 Å². The lowest BCUT2D eigenvalue weighted by atomic mass is 10.1. The van der Waals surface area contributed by atoms with Crippen molar-refractivity contribution in [3.8, 4) is 11.5 Å². The van der Waals surface area contributed by atoms with Crippen molar-refractivity contribution in [3.05, 3.63) is 62.2 Å². The molecule has 0 fully saturated rings. The second-order valence-corrected chi connectivity index (χ2v) is 7.04. The average Bonchev–Trinajstić information content (AvgIpc) is 2.87. The first-order valence-electron chi connectivity index (χ1n) is 8.56. The maximum Gasteiger partial charge on any atom is 0.197 e. The molecule has 134 valence electrons. The van der Waals surface area contributed by atoms with Crippen molar-refractivity contribution >= 4 is 40.2 Å². The van der Waals surface area contributed by atoms with Crippen LogP contribution in [0.5, 0.6) is 11.5 Å². The van der Waals surface area contributed by atoms with E-state index in [1.807, 2.05) is 26.0 Å². The highest BCUT2D eigenvalue weighted by Gasteiger charge is 2.32. The van der Waals surface area contributed by atoms with Crippen LogP contribution in [0.25, 0.3) is 6.08 Å². The molecule has 5 heteroatoms. The van der Waals surface area contributed by atoms with Gasteiger partial charge in [0.25, 0.3) is 0 Å². The van der Waals surface area contributed by atoms with Gasteiger partial charge in [-0.3, -0.25) is 9.59 Å². The van der Waals surface area contributed by atoms with Gasteiger partial charge in [0.1, 0.15) is 0 Å². The van der Waals surface area contributed by atoms with Crippen molar-refractivity contribution in [2.75, 3.05) is 13.2 Å². The number of fused-ring (bicyclic) bond motifs is 1. The van der Waals surface area contributed by atoms with Gasteiger partial charge in [-0.05, 0) is 59.7 Å². The number of hydrogen-bond donors (Lipinski definition) is 0. The van der Waals surface area contributed by atoms with E-state index in [2.05, 4.69) is 22.6 Å². The summed E-state index contributed by atoms with van der Waals surface area (Å²) in [6.45, 7) is 5.05. The smallest absolute Gasteiger partial charge is 0.197 e. The van der Waals surface area contributed by atoms with Crippen LogP contribution in [0.15, 0.2) is 42.0 Å². The summed E-state index contributed by atoms with van der Waals surface area (Å²) < 4.78 is 12.4. The molecule has 0 saturated heterocycles. The summed E-state index contributed by atoms with van der Waals surface area (Å²) >= 11 is 2.18. The average molecular weight is 462 g/mol. The number of Topliss-reactive ketones (excluding diaryl/α,β-unsaturated/α-hetero) is 2. The van der Waals surface area contributed by atoms with Gasteiger partial charge in [0.05, 0.1) is 22.4 Å². The Morgan fingerprint density at radius 3 is 2.23 bits per heavy atom. The highest BCUT2D eigenvalue weighted by atomic mass is 127. The molecule has 2 aromatic rings. The molecule has 0 aromatic heterocycles. The first-order chi connectivity index (χ1) is 12.6. The number of ether oxygens (including phenoxy) is 2. The zero-order chi connectivity index (χ0) is 18.7. The number of allylic oxidation sites excluding steroid dienone is 1. The molecule has 3 rings (SSSR count). The molecule has 0 atom stereocenters. The fraction of sp³-hybridized carbons (Fsp3) is 0.238. The van der Waals surface area contributed by atoms with E-state index in [9.17, 15) is 9.59 Å². The second-order valence-electron chi connectivity index (χ2n) is 5.87. The SMILES string of the molecule is CCCOc1c(I)cc(C=C2C(=O)c3ccccc3C2=O)cc1OCC. The molecular formula is C21H19IO4. The first kappa shape index (κ1) is 18.6. The molecule has 0 N–H and O–H groups in total.